The van der Waals surface area contributed by atoms with Gasteiger partial charge in [0.25, 0.3) is 0 Å². The molecule has 90 valence electrons. The van der Waals surface area contributed by atoms with Gasteiger partial charge in [0.05, 0.1) is 19.8 Å². The molecule has 1 aliphatic rings. The van der Waals surface area contributed by atoms with Gasteiger partial charge >= 0.3 is 0 Å². The maximum absolute atomic E-state index is 5.45. The minimum Gasteiger partial charge on any atom is -0.382 e. The van der Waals surface area contributed by atoms with Crippen molar-refractivity contribution in [3.05, 3.63) is 0 Å². The first kappa shape index (κ1) is 12.9. The largest absolute Gasteiger partial charge is 0.382 e. The van der Waals surface area contributed by atoms with Crippen molar-refractivity contribution < 1.29 is 9.47 Å². The first-order chi connectivity index (χ1) is 7.36. The molecule has 0 aromatic heterocycles. The van der Waals surface area contributed by atoms with Crippen LogP contribution in [-0.4, -0.2) is 64.6 Å². The summed E-state index contributed by atoms with van der Waals surface area (Å²) >= 11 is 0. The monoisotopic (exact) mass is 216 g/mol. The lowest BCUT2D eigenvalue weighted by Gasteiger charge is -2.31. The zero-order valence-corrected chi connectivity index (χ0v) is 10.00. The molecule has 0 spiro atoms. The normalized spacial score (nSPS) is 19.6. The van der Waals surface area contributed by atoms with E-state index in [1.807, 2.05) is 7.05 Å². The zero-order valence-electron chi connectivity index (χ0n) is 10.00. The average Bonchev–Trinajstić information content (AvgIpc) is 2.30. The van der Waals surface area contributed by atoms with E-state index in [9.17, 15) is 0 Å². The Bertz CT molecular complexity index is 148. The molecule has 0 bridgehead atoms. The summed E-state index contributed by atoms with van der Waals surface area (Å²) in [6.07, 6.45) is 2.52. The molecule has 4 heteroatoms. The van der Waals surface area contributed by atoms with E-state index in [4.69, 9.17) is 9.47 Å². The van der Waals surface area contributed by atoms with E-state index in [2.05, 4.69) is 10.2 Å². The average molecular weight is 216 g/mol. The molecule has 0 atom stereocenters. The van der Waals surface area contributed by atoms with Gasteiger partial charge in [-0.3, -0.25) is 0 Å². The predicted molar refractivity (Wildman–Crippen MR) is 61.2 cm³/mol. The van der Waals surface area contributed by atoms with Crippen molar-refractivity contribution in [3.8, 4) is 0 Å². The molecule has 1 heterocycles. The summed E-state index contributed by atoms with van der Waals surface area (Å²) < 4.78 is 10.4. The van der Waals surface area contributed by atoms with E-state index in [0.717, 1.165) is 19.2 Å². The van der Waals surface area contributed by atoms with Gasteiger partial charge in [-0.25, -0.2) is 0 Å². The summed E-state index contributed by atoms with van der Waals surface area (Å²) in [4.78, 5) is 2.47. The molecule has 0 saturated carbocycles. The van der Waals surface area contributed by atoms with Gasteiger partial charge in [-0.2, -0.15) is 0 Å². The van der Waals surface area contributed by atoms with Crippen molar-refractivity contribution in [2.24, 2.45) is 0 Å². The highest BCUT2D eigenvalue weighted by Gasteiger charge is 2.16. The second-order valence-corrected chi connectivity index (χ2v) is 4.01. The van der Waals surface area contributed by atoms with Gasteiger partial charge in [0.1, 0.15) is 0 Å². The molecule has 1 fully saturated rings. The van der Waals surface area contributed by atoms with Crippen LogP contribution in [0.25, 0.3) is 0 Å². The molecule has 15 heavy (non-hydrogen) atoms. The standard InChI is InChI=1S/C11H24N2O2/c1-12-11-3-5-13(6-4-11)7-8-15-10-9-14-2/h11-12H,3-10H2,1-2H3. The van der Waals surface area contributed by atoms with Crippen molar-refractivity contribution in [2.45, 2.75) is 18.9 Å². The Morgan fingerprint density at radius 2 is 1.93 bits per heavy atom. The molecule has 1 saturated heterocycles. The fourth-order valence-corrected chi connectivity index (χ4v) is 1.88. The van der Waals surface area contributed by atoms with E-state index in [1.165, 1.54) is 25.9 Å². The van der Waals surface area contributed by atoms with Crippen molar-refractivity contribution in [1.29, 1.82) is 0 Å². The zero-order chi connectivity index (χ0) is 10.9. The molecule has 4 nitrogen and oxygen atoms in total. The molecule has 0 unspecified atom stereocenters. The van der Waals surface area contributed by atoms with Crippen LogP contribution in [0.15, 0.2) is 0 Å². The number of hydrogen-bond donors (Lipinski definition) is 1. The van der Waals surface area contributed by atoms with Crippen LogP contribution in [0.5, 0.6) is 0 Å². The molecule has 1 aliphatic heterocycles. The molecule has 0 radical (unpaired) electrons. The number of likely N-dealkylation sites (tertiary alicyclic amines) is 1. The maximum atomic E-state index is 5.45. The molecule has 1 N–H and O–H groups in total. The predicted octanol–water partition coefficient (Wildman–Crippen LogP) is 0.333. The number of rotatable bonds is 7. The fourth-order valence-electron chi connectivity index (χ4n) is 1.88. The Morgan fingerprint density at radius 1 is 1.20 bits per heavy atom. The Hall–Kier alpha value is -0.160. The molecular formula is C11H24N2O2. The SMILES string of the molecule is CNC1CCN(CCOCCOC)CC1. The van der Waals surface area contributed by atoms with Gasteiger partial charge in [0.2, 0.25) is 0 Å². The van der Waals surface area contributed by atoms with Crippen LogP contribution in [0.2, 0.25) is 0 Å². The Morgan fingerprint density at radius 3 is 2.53 bits per heavy atom. The van der Waals surface area contributed by atoms with Gasteiger partial charge in [-0.15, -0.1) is 0 Å². The second kappa shape index (κ2) is 8.05. The lowest BCUT2D eigenvalue weighted by Crippen LogP contribution is -2.42. The van der Waals surface area contributed by atoms with Gasteiger partial charge in [-0.05, 0) is 33.0 Å². The lowest BCUT2D eigenvalue weighted by atomic mass is 10.1. The van der Waals surface area contributed by atoms with Crippen LogP contribution in [-0.2, 0) is 9.47 Å². The Balaban J connectivity index is 1.94. The third kappa shape index (κ3) is 5.47. The lowest BCUT2D eigenvalue weighted by molar-refractivity contribution is 0.0526. The minimum absolute atomic E-state index is 0.696. The highest BCUT2D eigenvalue weighted by molar-refractivity contribution is 4.75. The van der Waals surface area contributed by atoms with Crippen molar-refractivity contribution in [2.75, 3.05) is 53.6 Å². The summed E-state index contributed by atoms with van der Waals surface area (Å²) in [5, 5.41) is 3.33. The summed E-state index contributed by atoms with van der Waals surface area (Å²) in [5.41, 5.74) is 0. The fraction of sp³-hybridized carbons (Fsp3) is 1.00. The molecule has 0 amide bonds. The number of methoxy groups -OCH3 is 1. The molecule has 1 rings (SSSR count). The van der Waals surface area contributed by atoms with Crippen LogP contribution in [0.3, 0.4) is 0 Å². The number of ether oxygens (including phenoxy) is 2. The van der Waals surface area contributed by atoms with Crippen molar-refractivity contribution >= 4 is 0 Å². The highest BCUT2D eigenvalue weighted by atomic mass is 16.5. The number of piperidine rings is 1. The molecular weight excluding hydrogens is 192 g/mol. The van der Waals surface area contributed by atoms with Crippen molar-refractivity contribution in [1.82, 2.24) is 10.2 Å². The summed E-state index contributed by atoms with van der Waals surface area (Å²) in [6.45, 7) is 5.68. The smallest absolute Gasteiger partial charge is 0.0700 e. The van der Waals surface area contributed by atoms with Crippen LogP contribution in [0.1, 0.15) is 12.8 Å². The highest BCUT2D eigenvalue weighted by Crippen LogP contribution is 2.08. The topological polar surface area (TPSA) is 33.7 Å². The van der Waals surface area contributed by atoms with E-state index >= 15 is 0 Å². The number of nitrogens with one attached hydrogen (secondary N) is 1. The number of hydrogen-bond acceptors (Lipinski definition) is 4. The van der Waals surface area contributed by atoms with E-state index in [0.29, 0.717) is 13.2 Å². The molecule has 0 aromatic rings. The Kier molecular flexibility index (Phi) is 6.92. The van der Waals surface area contributed by atoms with E-state index < -0.39 is 0 Å². The summed E-state index contributed by atoms with van der Waals surface area (Å²) in [5.74, 6) is 0. The van der Waals surface area contributed by atoms with Gasteiger partial charge < -0.3 is 19.7 Å². The van der Waals surface area contributed by atoms with E-state index in [-0.39, 0.29) is 0 Å². The third-order valence-corrected chi connectivity index (χ3v) is 2.98. The Labute approximate surface area is 92.9 Å². The first-order valence-electron chi connectivity index (χ1n) is 5.83. The summed E-state index contributed by atoms with van der Waals surface area (Å²) in [7, 11) is 3.75. The van der Waals surface area contributed by atoms with E-state index in [1.54, 1.807) is 7.11 Å². The molecule has 0 aliphatic carbocycles. The summed E-state index contributed by atoms with van der Waals surface area (Å²) in [6, 6.07) is 0.718. The van der Waals surface area contributed by atoms with Crippen LogP contribution in [0.4, 0.5) is 0 Å². The minimum atomic E-state index is 0.696. The quantitative estimate of drug-likeness (QED) is 0.622. The maximum Gasteiger partial charge on any atom is 0.0700 e. The van der Waals surface area contributed by atoms with Crippen LogP contribution in [0, 0.1) is 0 Å². The second-order valence-electron chi connectivity index (χ2n) is 4.01. The van der Waals surface area contributed by atoms with Gasteiger partial charge in [-0.1, -0.05) is 0 Å². The van der Waals surface area contributed by atoms with Crippen LogP contribution < -0.4 is 5.32 Å². The molecule has 0 aromatic carbocycles. The number of nitrogens with zero attached hydrogens (tertiary/aromatic N) is 1. The van der Waals surface area contributed by atoms with Gasteiger partial charge in [0.15, 0.2) is 0 Å². The van der Waals surface area contributed by atoms with Crippen molar-refractivity contribution in [3.63, 3.8) is 0 Å². The first-order valence-corrected chi connectivity index (χ1v) is 5.83. The van der Waals surface area contributed by atoms with Crippen LogP contribution >= 0.6 is 0 Å². The van der Waals surface area contributed by atoms with Gasteiger partial charge in [0, 0.05) is 19.7 Å². The third-order valence-electron chi connectivity index (χ3n) is 2.98.